The number of hydrogen-bond acceptors (Lipinski definition) is 2. The second-order valence-electron chi connectivity index (χ2n) is 6.36. The van der Waals surface area contributed by atoms with Gasteiger partial charge in [0, 0.05) is 18.7 Å². The fourth-order valence-electron chi connectivity index (χ4n) is 2.59. The summed E-state index contributed by atoms with van der Waals surface area (Å²) >= 11 is 0. The molecule has 0 amide bonds. The van der Waals surface area contributed by atoms with Crippen LogP contribution in [0.15, 0.2) is 0 Å². The van der Waals surface area contributed by atoms with Crippen molar-refractivity contribution < 1.29 is 5.11 Å². The fourth-order valence-corrected chi connectivity index (χ4v) is 2.59. The number of hydrogen-bond donors (Lipinski definition) is 1. The van der Waals surface area contributed by atoms with Gasteiger partial charge in [-0.15, -0.1) is 0 Å². The van der Waals surface area contributed by atoms with Crippen LogP contribution in [0.2, 0.25) is 0 Å². The summed E-state index contributed by atoms with van der Waals surface area (Å²) < 4.78 is 0. The molecule has 0 aliphatic carbocycles. The highest BCUT2D eigenvalue weighted by Gasteiger charge is 2.33. The molecule has 1 saturated heterocycles. The van der Waals surface area contributed by atoms with Crippen molar-refractivity contribution in [1.29, 1.82) is 0 Å². The average molecular weight is 227 g/mol. The molecule has 1 aliphatic rings. The summed E-state index contributed by atoms with van der Waals surface area (Å²) in [5.74, 6) is 1.50. The maximum atomic E-state index is 9.03. The minimum Gasteiger partial charge on any atom is -0.396 e. The van der Waals surface area contributed by atoms with E-state index in [1.54, 1.807) is 0 Å². The van der Waals surface area contributed by atoms with Crippen LogP contribution < -0.4 is 0 Å². The molecule has 0 saturated carbocycles. The Morgan fingerprint density at radius 1 is 1.38 bits per heavy atom. The molecule has 1 unspecified atom stereocenters. The zero-order chi connectivity index (χ0) is 12.2. The quantitative estimate of drug-likeness (QED) is 0.780. The molecule has 0 bridgehead atoms. The lowest BCUT2D eigenvalue weighted by Gasteiger charge is -2.46. The molecule has 1 heterocycles. The molecule has 16 heavy (non-hydrogen) atoms. The topological polar surface area (TPSA) is 23.5 Å². The second kappa shape index (κ2) is 6.02. The molecule has 1 atom stereocenters. The fraction of sp³-hybridized carbons (Fsp3) is 1.00. The summed E-state index contributed by atoms with van der Waals surface area (Å²) in [4.78, 5) is 2.64. The number of nitrogens with zero attached hydrogens (tertiary/aromatic N) is 1. The normalized spacial score (nSPS) is 26.2. The van der Waals surface area contributed by atoms with E-state index >= 15 is 0 Å². The summed E-state index contributed by atoms with van der Waals surface area (Å²) in [5, 5.41) is 9.03. The SMILES string of the molecule is CC(C)CCN1CC(CCO)CCC1(C)C. The Kier molecular flexibility index (Phi) is 5.26. The van der Waals surface area contributed by atoms with Crippen molar-refractivity contribution in [2.24, 2.45) is 11.8 Å². The van der Waals surface area contributed by atoms with Crippen molar-refractivity contribution in [1.82, 2.24) is 4.90 Å². The minimum atomic E-state index is 0.350. The average Bonchev–Trinajstić information content (AvgIpc) is 2.19. The largest absolute Gasteiger partial charge is 0.396 e. The molecule has 96 valence electrons. The van der Waals surface area contributed by atoms with Crippen molar-refractivity contribution in [3.8, 4) is 0 Å². The van der Waals surface area contributed by atoms with E-state index in [1.807, 2.05) is 0 Å². The summed E-state index contributed by atoms with van der Waals surface area (Å²) in [7, 11) is 0. The van der Waals surface area contributed by atoms with Crippen LogP contribution in [0.5, 0.6) is 0 Å². The number of aliphatic hydroxyl groups is 1. The molecule has 1 fully saturated rings. The van der Waals surface area contributed by atoms with E-state index < -0.39 is 0 Å². The standard InChI is InChI=1S/C14H29NO/c1-12(2)6-9-15-11-13(7-10-16)5-8-14(15,3)4/h12-13,16H,5-11H2,1-4H3. The van der Waals surface area contributed by atoms with E-state index in [4.69, 9.17) is 5.11 Å². The lowest BCUT2D eigenvalue weighted by molar-refractivity contribution is 0.0339. The van der Waals surface area contributed by atoms with Gasteiger partial charge in [-0.2, -0.15) is 0 Å². The lowest BCUT2D eigenvalue weighted by atomic mass is 9.83. The van der Waals surface area contributed by atoms with E-state index in [0.29, 0.717) is 18.1 Å². The Morgan fingerprint density at radius 3 is 2.62 bits per heavy atom. The first-order valence-electron chi connectivity index (χ1n) is 6.81. The van der Waals surface area contributed by atoms with Gasteiger partial charge in [-0.25, -0.2) is 0 Å². The van der Waals surface area contributed by atoms with Gasteiger partial charge in [0.1, 0.15) is 0 Å². The highest BCUT2D eigenvalue weighted by Crippen LogP contribution is 2.32. The van der Waals surface area contributed by atoms with Crippen LogP contribution in [0.1, 0.15) is 53.4 Å². The first kappa shape index (κ1) is 14.0. The molecule has 1 rings (SSSR count). The number of rotatable bonds is 5. The van der Waals surface area contributed by atoms with Gasteiger partial charge in [-0.1, -0.05) is 13.8 Å². The first-order chi connectivity index (χ1) is 7.45. The summed E-state index contributed by atoms with van der Waals surface area (Å²) in [5.41, 5.74) is 0.362. The van der Waals surface area contributed by atoms with Crippen LogP contribution in [-0.2, 0) is 0 Å². The molecule has 1 aliphatic heterocycles. The van der Waals surface area contributed by atoms with E-state index in [2.05, 4.69) is 32.6 Å². The van der Waals surface area contributed by atoms with Gasteiger partial charge in [0.25, 0.3) is 0 Å². The lowest BCUT2D eigenvalue weighted by Crippen LogP contribution is -2.51. The molecule has 0 spiro atoms. The summed E-state index contributed by atoms with van der Waals surface area (Å²) in [6.07, 6.45) is 4.82. The molecular weight excluding hydrogens is 198 g/mol. The van der Waals surface area contributed by atoms with Crippen molar-refractivity contribution in [2.45, 2.75) is 58.9 Å². The van der Waals surface area contributed by atoms with E-state index in [0.717, 1.165) is 12.3 Å². The zero-order valence-electron chi connectivity index (χ0n) is 11.5. The Hall–Kier alpha value is -0.0800. The molecular formula is C14H29NO. The zero-order valence-corrected chi connectivity index (χ0v) is 11.5. The Balaban J connectivity index is 2.47. The van der Waals surface area contributed by atoms with Gasteiger partial charge >= 0.3 is 0 Å². The van der Waals surface area contributed by atoms with Crippen LogP contribution in [0.25, 0.3) is 0 Å². The molecule has 0 aromatic heterocycles. The molecule has 0 aromatic carbocycles. The van der Waals surface area contributed by atoms with Crippen LogP contribution >= 0.6 is 0 Å². The molecule has 0 aromatic rings. The highest BCUT2D eigenvalue weighted by atomic mass is 16.3. The maximum Gasteiger partial charge on any atom is 0.0434 e. The molecule has 1 N–H and O–H groups in total. The Bertz CT molecular complexity index is 201. The van der Waals surface area contributed by atoms with Gasteiger partial charge in [0.05, 0.1) is 0 Å². The van der Waals surface area contributed by atoms with E-state index in [-0.39, 0.29) is 0 Å². The maximum absolute atomic E-state index is 9.03. The second-order valence-corrected chi connectivity index (χ2v) is 6.36. The summed E-state index contributed by atoms with van der Waals surface area (Å²) in [6, 6.07) is 0. The van der Waals surface area contributed by atoms with Crippen molar-refractivity contribution in [3.63, 3.8) is 0 Å². The van der Waals surface area contributed by atoms with Gasteiger partial charge < -0.3 is 5.11 Å². The molecule has 2 heteroatoms. The smallest absolute Gasteiger partial charge is 0.0434 e. The van der Waals surface area contributed by atoms with Crippen LogP contribution in [0.4, 0.5) is 0 Å². The van der Waals surface area contributed by atoms with E-state index in [1.165, 1.54) is 32.4 Å². The van der Waals surface area contributed by atoms with E-state index in [9.17, 15) is 0 Å². The van der Waals surface area contributed by atoms with Crippen molar-refractivity contribution >= 4 is 0 Å². The predicted octanol–water partition coefficient (Wildman–Crippen LogP) is 2.91. The molecule has 2 nitrogen and oxygen atoms in total. The van der Waals surface area contributed by atoms with Crippen LogP contribution in [-0.4, -0.2) is 35.2 Å². The Morgan fingerprint density at radius 2 is 2.06 bits per heavy atom. The monoisotopic (exact) mass is 227 g/mol. The van der Waals surface area contributed by atoms with Gasteiger partial charge in [0.2, 0.25) is 0 Å². The van der Waals surface area contributed by atoms with Crippen LogP contribution in [0.3, 0.4) is 0 Å². The minimum absolute atomic E-state index is 0.350. The summed E-state index contributed by atoms with van der Waals surface area (Å²) in [6.45, 7) is 12.1. The highest BCUT2D eigenvalue weighted by molar-refractivity contribution is 4.88. The number of piperidine rings is 1. The van der Waals surface area contributed by atoms with Gasteiger partial charge in [-0.05, 0) is 57.9 Å². The van der Waals surface area contributed by atoms with Crippen molar-refractivity contribution in [2.75, 3.05) is 19.7 Å². The van der Waals surface area contributed by atoms with Gasteiger partial charge in [-0.3, -0.25) is 4.90 Å². The third-order valence-electron chi connectivity index (χ3n) is 4.01. The third kappa shape index (κ3) is 4.06. The predicted molar refractivity (Wildman–Crippen MR) is 69.5 cm³/mol. The van der Waals surface area contributed by atoms with Gasteiger partial charge in [0.15, 0.2) is 0 Å². The van der Waals surface area contributed by atoms with Crippen molar-refractivity contribution in [3.05, 3.63) is 0 Å². The van der Waals surface area contributed by atoms with Crippen LogP contribution in [0, 0.1) is 11.8 Å². The Labute approximate surface area is 101 Å². The number of aliphatic hydroxyl groups excluding tert-OH is 1. The third-order valence-corrected chi connectivity index (χ3v) is 4.01. The molecule has 0 radical (unpaired) electrons. The first-order valence-corrected chi connectivity index (χ1v) is 6.81. The number of likely N-dealkylation sites (tertiary alicyclic amines) is 1.